The molecular weight excluding hydrogens is 435 g/mol. The molecule has 0 nitrogen and oxygen atoms in total. The minimum Gasteiger partial charge on any atom is -0.150 e. The second-order valence-corrected chi connectivity index (χ2v) is 14.6. The highest BCUT2D eigenvalue weighted by Crippen LogP contribution is 2.16. The highest BCUT2D eigenvalue weighted by molar-refractivity contribution is 7.33. The Morgan fingerprint density at radius 3 is 0.724 bits per heavy atom. The second kappa shape index (κ2) is 27.1. The van der Waals surface area contributed by atoms with E-state index in [0.717, 1.165) is 11.9 Å². The van der Waals surface area contributed by atoms with E-state index in [9.17, 15) is 0 Å². The van der Waals surface area contributed by atoms with E-state index in [2.05, 4.69) is 0 Å². The molecule has 0 atom stereocenters. The number of hydrogen-bond donors (Lipinski definition) is 0. The summed E-state index contributed by atoms with van der Waals surface area (Å²) in [6.07, 6.45) is 32.5. The van der Waals surface area contributed by atoms with E-state index in [-0.39, 0.29) is 0 Å². The van der Waals surface area contributed by atoms with Gasteiger partial charge in [0, 0.05) is 5.88 Å². The fraction of sp³-hybridized carbons (Fsp3) is 1.00. The van der Waals surface area contributed by atoms with Crippen LogP contribution in [0.1, 0.15) is 148 Å². The largest absolute Gasteiger partial charge is 0.237 e. The SMILES string of the molecule is ClCCCCCCCCCCCCCCCCCCCCCCCCC[SiH](Cl)Cl. The van der Waals surface area contributed by atoms with Crippen LogP contribution in [0.4, 0.5) is 0 Å². The van der Waals surface area contributed by atoms with Gasteiger partial charge in [-0.15, -0.1) is 11.6 Å². The maximum Gasteiger partial charge on any atom is 0.237 e. The molecule has 176 valence electrons. The van der Waals surface area contributed by atoms with Crippen LogP contribution in [0.25, 0.3) is 0 Å². The average molecular weight is 486 g/mol. The lowest BCUT2D eigenvalue weighted by atomic mass is 10.0. The summed E-state index contributed by atoms with van der Waals surface area (Å²) in [7, 11) is -1.33. The van der Waals surface area contributed by atoms with Crippen molar-refractivity contribution in [3.63, 3.8) is 0 Å². The molecule has 0 aromatic rings. The third-order valence-corrected chi connectivity index (χ3v) is 8.48. The minimum absolute atomic E-state index is 0.841. The van der Waals surface area contributed by atoms with Crippen LogP contribution in [-0.2, 0) is 0 Å². The fourth-order valence-corrected chi connectivity index (χ4v) is 5.82. The van der Waals surface area contributed by atoms with Gasteiger partial charge >= 0.3 is 0 Å². The van der Waals surface area contributed by atoms with Gasteiger partial charge in [0.05, 0.1) is 0 Å². The third-order valence-electron chi connectivity index (χ3n) is 6.06. The molecule has 29 heavy (non-hydrogen) atoms. The number of unbranched alkanes of at least 4 members (excludes halogenated alkanes) is 22. The highest BCUT2D eigenvalue weighted by atomic mass is 35.7. The van der Waals surface area contributed by atoms with Crippen LogP contribution in [0.3, 0.4) is 0 Å². The van der Waals surface area contributed by atoms with Gasteiger partial charge < -0.3 is 0 Å². The maximum absolute atomic E-state index is 5.88. The summed E-state index contributed by atoms with van der Waals surface area (Å²) in [6.45, 7) is 0. The summed E-state index contributed by atoms with van der Waals surface area (Å²) in [5.74, 6) is 0.841. The molecule has 0 radical (unpaired) electrons. The first-order chi connectivity index (χ1) is 14.3. The molecule has 0 spiro atoms. The number of alkyl halides is 1. The van der Waals surface area contributed by atoms with Crippen LogP contribution in [-0.4, -0.2) is 13.3 Å². The number of hydrogen-bond acceptors (Lipinski definition) is 0. The molecule has 0 aromatic heterocycles. The van der Waals surface area contributed by atoms with Crippen molar-refractivity contribution in [2.75, 3.05) is 5.88 Å². The molecule has 0 aromatic carbocycles. The highest BCUT2D eigenvalue weighted by Gasteiger charge is 2.00. The van der Waals surface area contributed by atoms with Gasteiger partial charge in [0.15, 0.2) is 0 Å². The summed E-state index contributed by atoms with van der Waals surface area (Å²) in [4.78, 5) is 0. The van der Waals surface area contributed by atoms with E-state index in [1.807, 2.05) is 0 Å². The van der Waals surface area contributed by atoms with Gasteiger partial charge in [-0.1, -0.05) is 141 Å². The van der Waals surface area contributed by atoms with Crippen molar-refractivity contribution in [3.05, 3.63) is 0 Å². The molecule has 0 aliphatic rings. The molecule has 0 aliphatic heterocycles. The van der Waals surface area contributed by atoms with Gasteiger partial charge in [0.25, 0.3) is 0 Å². The summed E-state index contributed by atoms with van der Waals surface area (Å²) in [5.41, 5.74) is 0. The van der Waals surface area contributed by atoms with E-state index in [0.29, 0.717) is 0 Å². The summed E-state index contributed by atoms with van der Waals surface area (Å²) in [6, 6.07) is 1.10. The van der Waals surface area contributed by atoms with E-state index >= 15 is 0 Å². The lowest BCUT2D eigenvalue weighted by molar-refractivity contribution is 0.519. The summed E-state index contributed by atoms with van der Waals surface area (Å²) >= 11 is 17.5. The fourth-order valence-electron chi connectivity index (χ4n) is 4.11. The standard InChI is InChI=1S/C25H51Cl3Si/c26-24-22-20-18-16-14-12-10-8-6-4-2-1-3-5-7-9-11-13-15-17-19-21-23-25-29(27)28/h29H,1-25H2. The lowest BCUT2D eigenvalue weighted by Gasteiger charge is -2.04. The van der Waals surface area contributed by atoms with Crippen LogP contribution in [0.2, 0.25) is 6.04 Å². The van der Waals surface area contributed by atoms with Crippen molar-refractivity contribution in [3.8, 4) is 0 Å². The summed E-state index contributed by atoms with van der Waals surface area (Å²) < 4.78 is 0. The first-order valence-electron chi connectivity index (χ1n) is 13.1. The molecule has 0 rings (SSSR count). The van der Waals surface area contributed by atoms with Crippen LogP contribution >= 0.6 is 33.8 Å². The molecule has 0 bridgehead atoms. The quantitative estimate of drug-likeness (QED) is 0.0521. The van der Waals surface area contributed by atoms with Crippen molar-refractivity contribution >= 4 is 41.2 Å². The van der Waals surface area contributed by atoms with Gasteiger partial charge in [-0.3, -0.25) is 0 Å². The van der Waals surface area contributed by atoms with Crippen molar-refractivity contribution in [2.24, 2.45) is 0 Å². The van der Waals surface area contributed by atoms with Gasteiger partial charge in [0.1, 0.15) is 0 Å². The molecule has 0 fully saturated rings. The van der Waals surface area contributed by atoms with Gasteiger partial charge in [-0.2, -0.15) is 22.2 Å². The number of rotatable bonds is 25. The second-order valence-electron chi connectivity index (χ2n) is 9.00. The van der Waals surface area contributed by atoms with Crippen molar-refractivity contribution in [1.82, 2.24) is 0 Å². The Morgan fingerprint density at radius 1 is 0.310 bits per heavy atom. The van der Waals surface area contributed by atoms with Gasteiger partial charge in [-0.05, 0) is 12.5 Å². The van der Waals surface area contributed by atoms with Crippen LogP contribution in [0, 0.1) is 0 Å². The Labute approximate surface area is 200 Å². The zero-order chi connectivity index (χ0) is 21.3. The predicted molar refractivity (Wildman–Crippen MR) is 141 cm³/mol. The van der Waals surface area contributed by atoms with E-state index in [1.54, 1.807) is 0 Å². The van der Waals surface area contributed by atoms with E-state index < -0.39 is 7.42 Å². The smallest absolute Gasteiger partial charge is 0.150 e. The Hall–Kier alpha value is 1.09. The molecule has 0 amide bonds. The van der Waals surface area contributed by atoms with Crippen LogP contribution in [0.5, 0.6) is 0 Å². The Kier molecular flexibility index (Phi) is 28.1. The Bertz CT molecular complexity index is 287. The van der Waals surface area contributed by atoms with Crippen molar-refractivity contribution in [2.45, 2.75) is 154 Å². The summed E-state index contributed by atoms with van der Waals surface area (Å²) in [5, 5.41) is 0. The maximum atomic E-state index is 5.88. The minimum atomic E-state index is -1.33. The predicted octanol–water partition coefficient (Wildman–Crippen LogP) is 10.9. The molecule has 0 unspecified atom stereocenters. The zero-order valence-corrected chi connectivity index (χ0v) is 22.8. The Morgan fingerprint density at radius 2 is 0.517 bits per heavy atom. The number of halogens is 3. The molecule has 4 heteroatoms. The molecular formula is C25H51Cl3Si. The average Bonchev–Trinajstić information content (AvgIpc) is 2.71. The monoisotopic (exact) mass is 484 g/mol. The lowest BCUT2D eigenvalue weighted by Crippen LogP contribution is -1.91. The third kappa shape index (κ3) is 29.1. The zero-order valence-electron chi connectivity index (χ0n) is 19.4. The molecule has 0 saturated carbocycles. The Balaban J connectivity index is 2.98. The van der Waals surface area contributed by atoms with Crippen LogP contribution in [0.15, 0.2) is 0 Å². The normalized spacial score (nSPS) is 11.6. The first kappa shape index (κ1) is 30.1. The first-order valence-corrected chi connectivity index (χ1v) is 18.0. The topological polar surface area (TPSA) is 0 Å². The van der Waals surface area contributed by atoms with E-state index in [1.165, 1.54) is 148 Å². The van der Waals surface area contributed by atoms with Crippen LogP contribution < -0.4 is 0 Å². The van der Waals surface area contributed by atoms with E-state index in [4.69, 9.17) is 33.8 Å². The van der Waals surface area contributed by atoms with Crippen molar-refractivity contribution in [1.29, 1.82) is 0 Å². The van der Waals surface area contributed by atoms with Gasteiger partial charge in [0.2, 0.25) is 7.42 Å². The van der Waals surface area contributed by atoms with Crippen molar-refractivity contribution < 1.29 is 0 Å². The molecule has 0 heterocycles. The molecule has 0 aliphatic carbocycles. The molecule has 0 N–H and O–H groups in total. The van der Waals surface area contributed by atoms with Gasteiger partial charge in [-0.25, -0.2) is 0 Å². The molecule has 0 saturated heterocycles.